The molecule has 1 aromatic heterocycles. The largest absolute Gasteiger partial charge is 0.497 e. The van der Waals surface area contributed by atoms with Crippen molar-refractivity contribution >= 4 is 5.71 Å². The number of hydrogen-bond donors (Lipinski definition) is 1. The molecule has 1 aliphatic rings. The van der Waals surface area contributed by atoms with Gasteiger partial charge in [0.1, 0.15) is 11.6 Å². The van der Waals surface area contributed by atoms with E-state index in [1.54, 1.807) is 19.2 Å². The molecule has 0 fully saturated rings. The number of aliphatic imine (C=N–C) groups is 1. The Kier molecular flexibility index (Phi) is 5.42. The number of aromatic nitrogens is 2. The molecule has 0 saturated heterocycles. The van der Waals surface area contributed by atoms with Gasteiger partial charge in [-0.3, -0.25) is 14.9 Å². The Morgan fingerprint density at radius 1 is 1.00 bits per heavy atom. The van der Waals surface area contributed by atoms with Crippen molar-refractivity contribution < 1.29 is 9.13 Å². The van der Waals surface area contributed by atoms with Gasteiger partial charge in [-0.05, 0) is 79.4 Å². The van der Waals surface area contributed by atoms with Crippen molar-refractivity contribution in [3.8, 4) is 22.7 Å². The Morgan fingerprint density at radius 2 is 1.64 bits per heavy atom. The zero-order chi connectivity index (χ0) is 22.9. The Morgan fingerprint density at radius 3 is 2.24 bits per heavy atom. The van der Waals surface area contributed by atoms with Crippen molar-refractivity contribution in [2.75, 3.05) is 7.11 Å². The average molecular weight is 442 g/mol. The highest BCUT2D eigenvalue weighted by atomic mass is 19.1. The van der Waals surface area contributed by atoms with Gasteiger partial charge in [0.2, 0.25) is 0 Å². The van der Waals surface area contributed by atoms with Crippen LogP contribution in [0.5, 0.6) is 5.75 Å². The van der Waals surface area contributed by atoms with Crippen molar-refractivity contribution in [1.29, 1.82) is 0 Å². The maximum atomic E-state index is 13.5. The number of nitrogens with zero attached hydrogens (tertiary/aromatic N) is 2. The summed E-state index contributed by atoms with van der Waals surface area (Å²) < 4.78 is 20.2. The molecule has 166 valence electrons. The first-order valence-electron chi connectivity index (χ1n) is 10.9. The second-order valence-corrected chi connectivity index (χ2v) is 8.25. The van der Waals surface area contributed by atoms with E-state index in [2.05, 4.69) is 17.2 Å². The van der Waals surface area contributed by atoms with Crippen LogP contribution in [0.25, 0.3) is 16.9 Å². The number of benzene rings is 3. The molecule has 3 aromatic carbocycles. The van der Waals surface area contributed by atoms with Gasteiger partial charge in [-0.1, -0.05) is 24.3 Å². The third-order valence-electron chi connectivity index (χ3n) is 6.12. The summed E-state index contributed by atoms with van der Waals surface area (Å²) in [6, 6.07) is 21.8. The highest BCUT2D eigenvalue weighted by molar-refractivity contribution is 6.03. The van der Waals surface area contributed by atoms with Gasteiger partial charge in [-0.25, -0.2) is 9.07 Å². The van der Waals surface area contributed by atoms with E-state index in [-0.39, 0.29) is 17.4 Å². The van der Waals surface area contributed by atoms with Gasteiger partial charge in [0.25, 0.3) is 5.56 Å². The molecule has 5 rings (SSSR count). The highest BCUT2D eigenvalue weighted by Crippen LogP contribution is 2.27. The van der Waals surface area contributed by atoms with E-state index in [0.717, 1.165) is 24.2 Å². The summed E-state index contributed by atoms with van der Waals surface area (Å²) in [7, 11) is 1.61. The average Bonchev–Trinajstić information content (AvgIpc) is 3.40. The first-order valence-corrected chi connectivity index (χ1v) is 10.9. The van der Waals surface area contributed by atoms with Gasteiger partial charge in [0, 0.05) is 11.3 Å². The normalized spacial score (nSPS) is 13.8. The predicted molar refractivity (Wildman–Crippen MR) is 128 cm³/mol. The van der Waals surface area contributed by atoms with Crippen molar-refractivity contribution in [2.45, 2.75) is 25.8 Å². The SMILES string of the molecule is COc1ccc(-c2[nH]n(-c3ccc(F)cc3)c(=O)c2C(C)=NC2Cc3ccccc3C2)cc1. The molecule has 33 heavy (non-hydrogen) atoms. The summed E-state index contributed by atoms with van der Waals surface area (Å²) in [6.45, 7) is 1.88. The van der Waals surface area contributed by atoms with Gasteiger partial charge in [0.05, 0.1) is 30.1 Å². The molecular weight excluding hydrogens is 417 g/mol. The minimum absolute atomic E-state index is 0.0969. The van der Waals surface area contributed by atoms with Crippen molar-refractivity contribution in [2.24, 2.45) is 4.99 Å². The van der Waals surface area contributed by atoms with Crippen molar-refractivity contribution in [3.63, 3.8) is 0 Å². The van der Waals surface area contributed by atoms with Crippen LogP contribution in [0.3, 0.4) is 0 Å². The van der Waals surface area contributed by atoms with Crippen LogP contribution in [0.1, 0.15) is 23.6 Å². The Hall–Kier alpha value is -3.93. The van der Waals surface area contributed by atoms with Crippen molar-refractivity contribution in [1.82, 2.24) is 9.78 Å². The van der Waals surface area contributed by atoms with E-state index < -0.39 is 0 Å². The molecule has 0 radical (unpaired) electrons. The lowest BCUT2D eigenvalue weighted by Crippen LogP contribution is -2.20. The van der Waals surface area contributed by atoms with Crippen molar-refractivity contribution in [3.05, 3.63) is 106 Å². The standard InChI is InChI=1S/C27H24FN3O2/c1-17(29-22-15-19-5-3-4-6-20(19)16-22)25-26(18-7-13-24(33-2)14-8-18)30-31(27(25)32)23-11-9-21(28)10-12-23/h3-14,22,30H,15-16H2,1-2H3. The van der Waals surface area contributed by atoms with Gasteiger partial charge in [-0.15, -0.1) is 0 Å². The summed E-state index contributed by atoms with van der Waals surface area (Å²) in [5, 5.41) is 3.22. The third-order valence-corrected chi connectivity index (χ3v) is 6.12. The van der Waals surface area contributed by atoms with Gasteiger partial charge in [0.15, 0.2) is 0 Å². The number of aromatic amines is 1. The van der Waals surface area contributed by atoms with Crippen LogP contribution in [0.4, 0.5) is 4.39 Å². The zero-order valence-electron chi connectivity index (χ0n) is 18.5. The third kappa shape index (κ3) is 4.00. The fraction of sp³-hybridized carbons (Fsp3) is 0.185. The Bertz CT molecular complexity index is 1360. The fourth-order valence-electron chi connectivity index (χ4n) is 4.48. The number of methoxy groups -OCH3 is 1. The van der Waals surface area contributed by atoms with Crippen LogP contribution in [-0.2, 0) is 12.8 Å². The number of halogens is 1. The van der Waals surface area contributed by atoms with Gasteiger partial charge >= 0.3 is 0 Å². The van der Waals surface area contributed by atoms with Crippen LogP contribution in [-0.4, -0.2) is 28.6 Å². The second-order valence-electron chi connectivity index (χ2n) is 8.25. The Labute approximate surface area is 191 Å². The molecule has 1 heterocycles. The molecule has 0 spiro atoms. The number of rotatable bonds is 5. The summed E-state index contributed by atoms with van der Waals surface area (Å²) in [5.74, 6) is 0.377. The maximum Gasteiger partial charge on any atom is 0.280 e. The molecule has 6 heteroatoms. The summed E-state index contributed by atoms with van der Waals surface area (Å²) in [4.78, 5) is 18.5. The number of H-pyrrole nitrogens is 1. The summed E-state index contributed by atoms with van der Waals surface area (Å²) in [5.41, 5.74) is 5.67. The predicted octanol–water partition coefficient (Wildman–Crippen LogP) is 4.96. The number of nitrogens with one attached hydrogen (secondary N) is 1. The van der Waals surface area contributed by atoms with Gasteiger partial charge in [-0.2, -0.15) is 0 Å². The van der Waals surface area contributed by atoms with Gasteiger partial charge < -0.3 is 4.74 Å². The van der Waals surface area contributed by atoms with Crippen LogP contribution in [0.2, 0.25) is 0 Å². The molecule has 5 nitrogen and oxygen atoms in total. The smallest absolute Gasteiger partial charge is 0.280 e. The molecule has 0 unspecified atom stereocenters. The van der Waals surface area contributed by atoms with Crippen LogP contribution in [0.15, 0.2) is 82.6 Å². The molecule has 1 aliphatic carbocycles. The van der Waals surface area contributed by atoms with Crippen LogP contribution < -0.4 is 10.3 Å². The quantitative estimate of drug-likeness (QED) is 0.445. The molecule has 0 atom stereocenters. The maximum absolute atomic E-state index is 13.5. The minimum atomic E-state index is -0.354. The monoisotopic (exact) mass is 441 g/mol. The summed E-state index contributed by atoms with van der Waals surface area (Å²) >= 11 is 0. The lowest BCUT2D eigenvalue weighted by atomic mass is 10.0. The number of ether oxygens (including phenoxy) is 1. The van der Waals surface area contributed by atoms with Crippen LogP contribution in [0, 0.1) is 5.82 Å². The highest BCUT2D eigenvalue weighted by Gasteiger charge is 2.23. The second kappa shape index (κ2) is 8.54. The van der Waals surface area contributed by atoms with E-state index in [0.29, 0.717) is 22.7 Å². The van der Waals surface area contributed by atoms with E-state index in [4.69, 9.17) is 9.73 Å². The van der Waals surface area contributed by atoms with E-state index in [9.17, 15) is 9.18 Å². The Balaban J connectivity index is 1.60. The molecule has 4 aromatic rings. The number of fused-ring (bicyclic) bond motifs is 1. The first-order chi connectivity index (χ1) is 16.0. The first kappa shape index (κ1) is 20.9. The molecular formula is C27H24FN3O2. The van der Waals surface area contributed by atoms with Crippen LogP contribution >= 0.6 is 0 Å². The van der Waals surface area contributed by atoms with E-state index >= 15 is 0 Å². The number of hydrogen-bond acceptors (Lipinski definition) is 3. The van der Waals surface area contributed by atoms with E-state index in [1.165, 1.54) is 27.9 Å². The molecule has 1 N–H and O–H groups in total. The molecule has 0 saturated carbocycles. The molecule has 0 aliphatic heterocycles. The lowest BCUT2D eigenvalue weighted by molar-refractivity contribution is 0.415. The minimum Gasteiger partial charge on any atom is -0.497 e. The lowest BCUT2D eigenvalue weighted by Gasteiger charge is -2.07. The van der Waals surface area contributed by atoms with E-state index in [1.807, 2.05) is 43.3 Å². The molecule has 0 bridgehead atoms. The molecule has 0 amide bonds. The fourth-order valence-corrected chi connectivity index (χ4v) is 4.48. The summed E-state index contributed by atoms with van der Waals surface area (Å²) in [6.07, 6.45) is 1.73. The topological polar surface area (TPSA) is 59.4 Å². The zero-order valence-corrected chi connectivity index (χ0v) is 18.5.